The monoisotopic (exact) mass is 214 g/mol. The van der Waals surface area contributed by atoms with Gasteiger partial charge < -0.3 is 10.3 Å². The molecule has 0 spiro atoms. The number of hydrogen-bond acceptors (Lipinski definition) is 1. The number of nitrogens with one attached hydrogen (secondary N) is 2. The van der Waals surface area contributed by atoms with E-state index in [9.17, 15) is 4.79 Å². The van der Waals surface area contributed by atoms with Crippen LogP contribution in [0.4, 0.5) is 0 Å². The molecule has 0 aliphatic carbocycles. The number of amides is 1. The quantitative estimate of drug-likeness (QED) is 0.692. The zero-order valence-corrected chi connectivity index (χ0v) is 9.48. The van der Waals surface area contributed by atoms with E-state index in [1.165, 1.54) is 22.1 Å². The zero-order valence-electron chi connectivity index (χ0n) is 9.48. The first-order valence-corrected chi connectivity index (χ1v) is 5.57. The molecule has 82 valence electrons. The van der Waals surface area contributed by atoms with E-state index in [1.807, 2.05) is 0 Å². The van der Waals surface area contributed by atoms with Crippen molar-refractivity contribution in [3.8, 4) is 0 Å². The molecule has 2 aromatic rings. The van der Waals surface area contributed by atoms with Crippen LogP contribution < -0.4 is 5.32 Å². The smallest absolute Gasteiger partial charge is 0.268 e. The Labute approximate surface area is 93.9 Å². The second kappa shape index (κ2) is 3.11. The summed E-state index contributed by atoms with van der Waals surface area (Å²) < 4.78 is 0. The Kier molecular flexibility index (Phi) is 1.84. The van der Waals surface area contributed by atoms with Crippen molar-refractivity contribution in [2.45, 2.75) is 20.3 Å². The van der Waals surface area contributed by atoms with Crippen LogP contribution in [-0.2, 0) is 6.42 Å². The van der Waals surface area contributed by atoms with E-state index in [-0.39, 0.29) is 5.91 Å². The predicted octanol–water partition coefficient (Wildman–Crippen LogP) is 2.07. The molecule has 3 rings (SSSR count). The Balaban J connectivity index is 2.40. The van der Waals surface area contributed by atoms with Crippen LogP contribution in [0.15, 0.2) is 12.1 Å². The van der Waals surface area contributed by atoms with E-state index in [4.69, 9.17) is 0 Å². The summed E-state index contributed by atoms with van der Waals surface area (Å²) in [5.74, 6) is 0.0227. The van der Waals surface area contributed by atoms with Gasteiger partial charge in [0.05, 0.1) is 0 Å². The van der Waals surface area contributed by atoms with Crippen molar-refractivity contribution in [3.05, 3.63) is 34.5 Å². The van der Waals surface area contributed by atoms with E-state index in [1.54, 1.807) is 0 Å². The van der Waals surface area contributed by atoms with Crippen molar-refractivity contribution in [2.24, 2.45) is 0 Å². The maximum absolute atomic E-state index is 11.7. The third-order valence-electron chi connectivity index (χ3n) is 3.23. The van der Waals surface area contributed by atoms with Crippen LogP contribution in [0.2, 0.25) is 0 Å². The van der Waals surface area contributed by atoms with Crippen molar-refractivity contribution in [3.63, 3.8) is 0 Å². The van der Waals surface area contributed by atoms with Crippen LogP contribution in [0, 0.1) is 13.8 Å². The Hall–Kier alpha value is -1.77. The molecule has 0 fully saturated rings. The minimum atomic E-state index is 0.0227. The molecule has 0 unspecified atom stereocenters. The second-order valence-corrected chi connectivity index (χ2v) is 4.49. The Morgan fingerprint density at radius 3 is 2.88 bits per heavy atom. The lowest BCUT2D eigenvalue weighted by Gasteiger charge is -2.12. The Morgan fingerprint density at radius 2 is 2.06 bits per heavy atom. The SMILES string of the molecule is Cc1cc(C)c2c3c([nH]c2c1)C(=O)NCC3. The van der Waals surface area contributed by atoms with Gasteiger partial charge in [0.2, 0.25) is 0 Å². The van der Waals surface area contributed by atoms with Crippen molar-refractivity contribution in [1.82, 2.24) is 10.3 Å². The van der Waals surface area contributed by atoms with Gasteiger partial charge in [0, 0.05) is 17.4 Å². The highest BCUT2D eigenvalue weighted by molar-refractivity contribution is 6.03. The van der Waals surface area contributed by atoms with E-state index < -0.39 is 0 Å². The van der Waals surface area contributed by atoms with Gasteiger partial charge in [-0.1, -0.05) is 6.07 Å². The number of carbonyl (C=O) groups excluding carboxylic acids is 1. The van der Waals surface area contributed by atoms with E-state index in [0.717, 1.165) is 24.2 Å². The summed E-state index contributed by atoms with van der Waals surface area (Å²) >= 11 is 0. The topological polar surface area (TPSA) is 44.9 Å². The minimum absolute atomic E-state index is 0.0227. The first-order chi connectivity index (χ1) is 7.66. The molecule has 0 bridgehead atoms. The molecule has 1 aliphatic heterocycles. The molecule has 2 heterocycles. The standard InChI is InChI=1S/C13H14N2O/c1-7-5-8(2)11-9-3-4-14-13(16)12(9)15-10(11)6-7/h5-6,15H,3-4H2,1-2H3,(H,14,16). The number of fused-ring (bicyclic) bond motifs is 3. The highest BCUT2D eigenvalue weighted by Gasteiger charge is 2.22. The molecular weight excluding hydrogens is 200 g/mol. The molecule has 0 atom stereocenters. The molecule has 1 aromatic heterocycles. The van der Waals surface area contributed by atoms with Crippen molar-refractivity contribution >= 4 is 16.8 Å². The molecule has 16 heavy (non-hydrogen) atoms. The molecule has 0 saturated heterocycles. The fraction of sp³-hybridized carbons (Fsp3) is 0.308. The second-order valence-electron chi connectivity index (χ2n) is 4.49. The summed E-state index contributed by atoms with van der Waals surface area (Å²) in [5.41, 5.74) is 5.48. The van der Waals surface area contributed by atoms with Crippen molar-refractivity contribution in [1.29, 1.82) is 0 Å². The Morgan fingerprint density at radius 1 is 1.25 bits per heavy atom. The minimum Gasteiger partial charge on any atom is -0.350 e. The average Bonchev–Trinajstić information content (AvgIpc) is 2.57. The Bertz CT molecular complexity index is 595. The molecule has 1 amide bonds. The third kappa shape index (κ3) is 1.18. The van der Waals surface area contributed by atoms with Gasteiger partial charge in [-0.05, 0) is 43.0 Å². The molecule has 2 N–H and O–H groups in total. The molecule has 3 heteroatoms. The fourth-order valence-electron chi connectivity index (χ4n) is 2.64. The number of H-pyrrole nitrogens is 1. The lowest BCUT2D eigenvalue weighted by Crippen LogP contribution is -2.31. The van der Waals surface area contributed by atoms with Crippen LogP contribution in [0.25, 0.3) is 10.9 Å². The van der Waals surface area contributed by atoms with Gasteiger partial charge in [-0.15, -0.1) is 0 Å². The van der Waals surface area contributed by atoms with Crippen LogP contribution in [0.5, 0.6) is 0 Å². The first kappa shape index (κ1) is 9.46. The van der Waals surface area contributed by atoms with Gasteiger partial charge in [-0.2, -0.15) is 0 Å². The zero-order chi connectivity index (χ0) is 11.3. The van der Waals surface area contributed by atoms with Crippen LogP contribution in [0.1, 0.15) is 27.2 Å². The van der Waals surface area contributed by atoms with E-state index >= 15 is 0 Å². The number of carbonyl (C=O) groups is 1. The van der Waals surface area contributed by atoms with Gasteiger partial charge in [0.1, 0.15) is 5.69 Å². The first-order valence-electron chi connectivity index (χ1n) is 5.57. The average molecular weight is 214 g/mol. The molecule has 1 aromatic carbocycles. The van der Waals surface area contributed by atoms with Crippen molar-refractivity contribution < 1.29 is 4.79 Å². The summed E-state index contributed by atoms with van der Waals surface area (Å²) in [5, 5.41) is 4.09. The maximum Gasteiger partial charge on any atom is 0.268 e. The molecule has 3 nitrogen and oxygen atoms in total. The number of aryl methyl sites for hydroxylation is 2. The van der Waals surface area contributed by atoms with Gasteiger partial charge in [0.25, 0.3) is 5.91 Å². The summed E-state index contributed by atoms with van der Waals surface area (Å²) in [4.78, 5) is 14.9. The summed E-state index contributed by atoms with van der Waals surface area (Å²) in [6.45, 7) is 4.93. The van der Waals surface area contributed by atoms with Crippen LogP contribution in [0.3, 0.4) is 0 Å². The largest absolute Gasteiger partial charge is 0.350 e. The molecular formula is C13H14N2O. The number of benzene rings is 1. The number of hydrogen-bond donors (Lipinski definition) is 2. The highest BCUT2D eigenvalue weighted by atomic mass is 16.1. The summed E-state index contributed by atoms with van der Waals surface area (Å²) in [6.07, 6.45) is 0.922. The van der Waals surface area contributed by atoms with Crippen molar-refractivity contribution in [2.75, 3.05) is 6.54 Å². The lowest BCUT2D eigenvalue weighted by atomic mass is 9.99. The van der Waals surface area contributed by atoms with Gasteiger partial charge in [-0.25, -0.2) is 0 Å². The lowest BCUT2D eigenvalue weighted by molar-refractivity contribution is 0.0942. The third-order valence-corrected chi connectivity index (χ3v) is 3.23. The summed E-state index contributed by atoms with van der Waals surface area (Å²) in [6, 6.07) is 4.27. The fourth-order valence-corrected chi connectivity index (χ4v) is 2.64. The van der Waals surface area contributed by atoms with Gasteiger partial charge in [-0.3, -0.25) is 4.79 Å². The van der Waals surface area contributed by atoms with E-state index in [2.05, 4.69) is 36.3 Å². The number of aromatic nitrogens is 1. The normalized spacial score (nSPS) is 15.0. The molecule has 0 saturated carbocycles. The summed E-state index contributed by atoms with van der Waals surface area (Å²) in [7, 11) is 0. The van der Waals surface area contributed by atoms with Crippen LogP contribution in [-0.4, -0.2) is 17.4 Å². The molecule has 1 aliphatic rings. The molecule has 0 radical (unpaired) electrons. The highest BCUT2D eigenvalue weighted by Crippen LogP contribution is 2.28. The predicted molar refractivity (Wildman–Crippen MR) is 63.8 cm³/mol. The van der Waals surface area contributed by atoms with E-state index in [0.29, 0.717) is 0 Å². The number of aromatic amines is 1. The maximum atomic E-state index is 11.7. The number of rotatable bonds is 0. The van der Waals surface area contributed by atoms with Gasteiger partial charge >= 0.3 is 0 Å². The van der Waals surface area contributed by atoms with Gasteiger partial charge in [0.15, 0.2) is 0 Å². The van der Waals surface area contributed by atoms with Crippen LogP contribution >= 0.6 is 0 Å².